The Kier molecular flexibility index (Phi) is 8.06. The molecule has 0 aliphatic carbocycles. The Morgan fingerprint density at radius 2 is 1.61 bits per heavy atom. The quantitative estimate of drug-likeness (QED) is 0.485. The molecule has 2 heterocycles. The van der Waals surface area contributed by atoms with E-state index < -0.39 is 16.1 Å². The number of likely N-dealkylation sites (tertiary alicyclic amines) is 1. The van der Waals surface area contributed by atoms with Crippen molar-refractivity contribution in [3.8, 4) is 0 Å². The molecule has 2 unspecified atom stereocenters. The molecule has 2 aliphatic heterocycles. The van der Waals surface area contributed by atoms with Crippen LogP contribution in [-0.2, 0) is 26.0 Å². The number of rotatable bonds is 7. The highest BCUT2D eigenvalue weighted by molar-refractivity contribution is 7.89. The van der Waals surface area contributed by atoms with E-state index in [1.165, 1.54) is 0 Å². The van der Waals surface area contributed by atoms with Crippen LogP contribution in [0.25, 0.3) is 10.8 Å². The molecule has 2 saturated heterocycles. The van der Waals surface area contributed by atoms with Crippen molar-refractivity contribution in [2.75, 3.05) is 39.3 Å². The number of piperidine rings is 1. The van der Waals surface area contributed by atoms with E-state index in [0.717, 1.165) is 35.8 Å². The van der Waals surface area contributed by atoms with Crippen molar-refractivity contribution in [3.05, 3.63) is 78.4 Å². The molecule has 38 heavy (non-hydrogen) atoms. The number of carbonyl (C=O) groups is 2. The number of carbonyl (C=O) groups excluding carboxylic acids is 2. The number of benzene rings is 3. The number of fused-ring (bicyclic) bond motifs is 1. The van der Waals surface area contributed by atoms with Gasteiger partial charge in [0.2, 0.25) is 21.8 Å². The third kappa shape index (κ3) is 6.06. The molecule has 2 amide bonds. The van der Waals surface area contributed by atoms with Gasteiger partial charge in [-0.25, -0.2) is 8.42 Å². The second-order valence-electron chi connectivity index (χ2n) is 10.1. The topological polar surface area (TPSA) is 98.8 Å². The van der Waals surface area contributed by atoms with Crippen LogP contribution in [0.4, 0.5) is 0 Å². The van der Waals surface area contributed by atoms with Crippen molar-refractivity contribution in [2.24, 2.45) is 5.92 Å². The van der Waals surface area contributed by atoms with Crippen molar-refractivity contribution >= 4 is 32.6 Å². The maximum atomic E-state index is 13.8. The Morgan fingerprint density at radius 1 is 0.895 bits per heavy atom. The van der Waals surface area contributed by atoms with E-state index in [1.54, 1.807) is 23.1 Å². The number of piperazine rings is 1. The van der Waals surface area contributed by atoms with Crippen molar-refractivity contribution in [1.29, 1.82) is 0 Å². The molecule has 0 radical (unpaired) electrons. The first-order chi connectivity index (χ1) is 18.4. The SMILES string of the molecule is O=C(C1CCCN(C(=O)C(Cc2ccccc2)NS(=O)(=O)c2ccc3ccccc3c2)C1)N1CCNCC1. The van der Waals surface area contributed by atoms with Crippen molar-refractivity contribution < 1.29 is 18.0 Å². The van der Waals surface area contributed by atoms with Crippen molar-refractivity contribution in [3.63, 3.8) is 0 Å². The van der Waals surface area contributed by atoms with Crippen LogP contribution >= 0.6 is 0 Å². The average Bonchev–Trinajstić information content (AvgIpc) is 2.96. The second kappa shape index (κ2) is 11.6. The summed E-state index contributed by atoms with van der Waals surface area (Å²) in [5, 5.41) is 5.01. The Hall–Kier alpha value is -3.27. The maximum Gasteiger partial charge on any atom is 0.241 e. The summed E-state index contributed by atoms with van der Waals surface area (Å²) >= 11 is 0. The van der Waals surface area contributed by atoms with E-state index in [9.17, 15) is 18.0 Å². The summed E-state index contributed by atoms with van der Waals surface area (Å²) in [6.07, 6.45) is 1.67. The zero-order chi connectivity index (χ0) is 26.5. The predicted molar refractivity (Wildman–Crippen MR) is 147 cm³/mol. The lowest BCUT2D eigenvalue weighted by molar-refractivity contribution is -0.142. The van der Waals surface area contributed by atoms with Gasteiger partial charge in [0.25, 0.3) is 0 Å². The smallest absolute Gasteiger partial charge is 0.241 e. The lowest BCUT2D eigenvalue weighted by Crippen LogP contribution is -2.55. The van der Waals surface area contributed by atoms with Crippen LogP contribution in [0.15, 0.2) is 77.7 Å². The van der Waals surface area contributed by atoms with E-state index in [1.807, 2.05) is 59.5 Å². The third-order valence-electron chi connectivity index (χ3n) is 7.42. The normalized spacial score (nSPS) is 19.3. The molecule has 8 nitrogen and oxygen atoms in total. The summed E-state index contributed by atoms with van der Waals surface area (Å²) in [6.45, 7) is 3.71. The summed E-state index contributed by atoms with van der Waals surface area (Å²) in [5.41, 5.74) is 0.859. The van der Waals surface area contributed by atoms with Crippen molar-refractivity contribution in [1.82, 2.24) is 19.8 Å². The van der Waals surface area contributed by atoms with Gasteiger partial charge >= 0.3 is 0 Å². The molecule has 200 valence electrons. The number of nitrogens with one attached hydrogen (secondary N) is 2. The Bertz CT molecular complexity index is 1390. The molecule has 2 N–H and O–H groups in total. The fraction of sp³-hybridized carbons (Fsp3) is 0.379. The molecule has 3 aromatic rings. The molecule has 0 spiro atoms. The standard InChI is InChI=1S/C29H34N4O4S/c34-28(32-17-14-30-15-18-32)25-11-6-16-33(21-25)29(35)27(19-22-7-2-1-3-8-22)31-38(36,37)26-13-12-23-9-4-5-10-24(23)20-26/h1-5,7-10,12-13,20,25,27,30-31H,6,11,14-19,21H2. The van der Waals surface area contributed by atoms with E-state index >= 15 is 0 Å². The van der Waals surface area contributed by atoms with Gasteiger partial charge < -0.3 is 15.1 Å². The highest BCUT2D eigenvalue weighted by Crippen LogP contribution is 2.23. The highest BCUT2D eigenvalue weighted by atomic mass is 32.2. The molecule has 2 atom stereocenters. The van der Waals surface area contributed by atoms with Gasteiger partial charge in [0, 0.05) is 39.3 Å². The molecular weight excluding hydrogens is 500 g/mol. The summed E-state index contributed by atoms with van der Waals surface area (Å²) in [6, 6.07) is 20.9. The van der Waals surface area contributed by atoms with E-state index in [0.29, 0.717) is 32.6 Å². The first kappa shape index (κ1) is 26.3. The van der Waals surface area contributed by atoms with Gasteiger partial charge in [-0.3, -0.25) is 9.59 Å². The minimum absolute atomic E-state index is 0.0837. The Balaban J connectivity index is 1.37. The lowest BCUT2D eigenvalue weighted by atomic mass is 9.95. The van der Waals surface area contributed by atoms with Crippen LogP contribution < -0.4 is 10.0 Å². The van der Waals surface area contributed by atoms with E-state index in [4.69, 9.17) is 0 Å². The molecule has 3 aromatic carbocycles. The minimum atomic E-state index is -3.98. The van der Waals surface area contributed by atoms with Crippen LogP contribution in [0.2, 0.25) is 0 Å². The van der Waals surface area contributed by atoms with Crippen LogP contribution in [0.3, 0.4) is 0 Å². The van der Waals surface area contributed by atoms with Gasteiger partial charge in [0.05, 0.1) is 10.8 Å². The first-order valence-electron chi connectivity index (χ1n) is 13.2. The average molecular weight is 535 g/mol. The zero-order valence-electron chi connectivity index (χ0n) is 21.4. The number of hydrogen-bond acceptors (Lipinski definition) is 5. The number of nitrogens with zero attached hydrogens (tertiary/aromatic N) is 2. The van der Waals surface area contributed by atoms with Gasteiger partial charge in [-0.15, -0.1) is 0 Å². The fourth-order valence-corrected chi connectivity index (χ4v) is 6.59. The largest absolute Gasteiger partial charge is 0.341 e. The molecule has 0 saturated carbocycles. The zero-order valence-corrected chi connectivity index (χ0v) is 22.2. The first-order valence-corrected chi connectivity index (χ1v) is 14.7. The molecule has 5 rings (SSSR count). The van der Waals surface area contributed by atoms with Gasteiger partial charge in [-0.2, -0.15) is 4.72 Å². The monoisotopic (exact) mass is 534 g/mol. The Morgan fingerprint density at radius 3 is 2.37 bits per heavy atom. The highest BCUT2D eigenvalue weighted by Gasteiger charge is 2.35. The summed E-state index contributed by atoms with van der Waals surface area (Å²) in [5.74, 6) is -0.475. The van der Waals surface area contributed by atoms with E-state index in [-0.39, 0.29) is 29.0 Å². The summed E-state index contributed by atoms with van der Waals surface area (Å²) < 4.78 is 29.7. The lowest BCUT2D eigenvalue weighted by Gasteiger charge is -2.37. The van der Waals surface area contributed by atoms with Gasteiger partial charge in [0.1, 0.15) is 6.04 Å². The van der Waals surface area contributed by atoms with Gasteiger partial charge in [-0.05, 0) is 47.7 Å². The van der Waals surface area contributed by atoms with Crippen LogP contribution in [0.1, 0.15) is 18.4 Å². The number of amides is 2. The summed E-state index contributed by atoms with van der Waals surface area (Å²) in [4.78, 5) is 30.6. The van der Waals surface area contributed by atoms with Crippen LogP contribution in [0.5, 0.6) is 0 Å². The number of hydrogen-bond donors (Lipinski definition) is 2. The van der Waals surface area contributed by atoms with Crippen LogP contribution in [-0.4, -0.2) is 75.3 Å². The fourth-order valence-electron chi connectivity index (χ4n) is 5.36. The van der Waals surface area contributed by atoms with Crippen LogP contribution in [0, 0.1) is 5.92 Å². The third-order valence-corrected chi connectivity index (χ3v) is 8.89. The number of sulfonamides is 1. The van der Waals surface area contributed by atoms with Gasteiger partial charge in [0.15, 0.2) is 0 Å². The maximum absolute atomic E-state index is 13.8. The molecule has 9 heteroatoms. The molecule has 2 aliphatic rings. The molecule has 2 fully saturated rings. The minimum Gasteiger partial charge on any atom is -0.341 e. The van der Waals surface area contributed by atoms with Gasteiger partial charge in [-0.1, -0.05) is 60.7 Å². The second-order valence-corrected chi connectivity index (χ2v) is 11.8. The predicted octanol–water partition coefficient (Wildman–Crippen LogP) is 2.40. The molecule has 0 bridgehead atoms. The van der Waals surface area contributed by atoms with E-state index in [2.05, 4.69) is 10.0 Å². The van der Waals surface area contributed by atoms with Crippen molar-refractivity contribution in [2.45, 2.75) is 30.2 Å². The molecular formula is C29H34N4O4S. The molecule has 0 aromatic heterocycles. The summed E-state index contributed by atoms with van der Waals surface area (Å²) in [7, 11) is -3.98. The Labute approximate surface area is 224 Å².